The summed E-state index contributed by atoms with van der Waals surface area (Å²) in [7, 11) is 1.85. The van der Waals surface area contributed by atoms with E-state index in [-0.39, 0.29) is 11.9 Å². The minimum absolute atomic E-state index is 0.00162. The van der Waals surface area contributed by atoms with Crippen molar-refractivity contribution in [2.45, 2.75) is 47.6 Å². The van der Waals surface area contributed by atoms with Crippen molar-refractivity contribution in [2.24, 2.45) is 0 Å². The number of carbonyl (C=O) groups excluding carboxylic acids is 1. The third kappa shape index (κ3) is 2.73. The Morgan fingerprint density at radius 1 is 1.16 bits per heavy atom. The molecule has 1 unspecified atom stereocenters. The summed E-state index contributed by atoms with van der Waals surface area (Å²) >= 11 is 0. The first-order valence-electron chi connectivity index (χ1n) is 8.60. The molecule has 1 amide bonds. The van der Waals surface area contributed by atoms with Crippen LogP contribution in [0.15, 0.2) is 12.1 Å². The fourth-order valence-electron chi connectivity index (χ4n) is 3.72. The topological polar surface area (TPSA) is 64.8 Å². The predicted octanol–water partition coefficient (Wildman–Crippen LogP) is 4.27. The van der Waals surface area contributed by atoms with Crippen molar-refractivity contribution < 1.29 is 4.79 Å². The summed E-state index contributed by atoms with van der Waals surface area (Å²) in [5.41, 5.74) is 8.10. The Morgan fingerprint density at radius 2 is 1.84 bits per heavy atom. The smallest absolute Gasteiger partial charge is 0.270 e. The van der Waals surface area contributed by atoms with E-state index in [0.29, 0.717) is 5.69 Å². The van der Waals surface area contributed by atoms with Gasteiger partial charge in [0.15, 0.2) is 0 Å². The molecule has 2 N–H and O–H groups in total. The maximum absolute atomic E-state index is 13.2. The lowest BCUT2D eigenvalue weighted by Gasteiger charge is -2.25. The number of fused-ring (bicyclic) bond motifs is 1. The van der Waals surface area contributed by atoms with Crippen LogP contribution < -0.4 is 0 Å². The van der Waals surface area contributed by atoms with Gasteiger partial charge in [-0.05, 0) is 58.7 Å². The first-order valence-corrected chi connectivity index (χ1v) is 8.60. The second kappa shape index (κ2) is 6.06. The van der Waals surface area contributed by atoms with Crippen molar-refractivity contribution in [2.75, 3.05) is 7.05 Å². The summed E-state index contributed by atoms with van der Waals surface area (Å²) in [6, 6.07) is 4.22. The van der Waals surface area contributed by atoms with Gasteiger partial charge in [-0.3, -0.25) is 9.89 Å². The Kier molecular flexibility index (Phi) is 4.19. The monoisotopic (exact) mass is 338 g/mol. The van der Waals surface area contributed by atoms with Gasteiger partial charge in [-0.25, -0.2) is 0 Å². The molecule has 5 nitrogen and oxygen atoms in total. The standard InChI is InChI=1S/C20H26N4O/c1-10-8-11(2)18-16(9-10)12(3)19(21-18)20(25)24(7)15(6)17-13(4)22-23-14(17)5/h8-9,15,21H,1-7H3,(H,22,23). The van der Waals surface area contributed by atoms with E-state index in [4.69, 9.17) is 0 Å². The molecule has 0 fully saturated rings. The zero-order valence-corrected chi connectivity index (χ0v) is 16.0. The van der Waals surface area contributed by atoms with Crippen molar-refractivity contribution in [3.63, 3.8) is 0 Å². The molecule has 5 heteroatoms. The van der Waals surface area contributed by atoms with E-state index in [9.17, 15) is 4.79 Å². The van der Waals surface area contributed by atoms with Crippen LogP contribution in [0.2, 0.25) is 0 Å². The van der Waals surface area contributed by atoms with Gasteiger partial charge in [0.2, 0.25) is 0 Å². The Morgan fingerprint density at radius 3 is 2.44 bits per heavy atom. The van der Waals surface area contributed by atoms with Gasteiger partial charge < -0.3 is 9.88 Å². The van der Waals surface area contributed by atoms with Gasteiger partial charge in [-0.1, -0.05) is 11.6 Å². The molecule has 0 radical (unpaired) electrons. The van der Waals surface area contributed by atoms with Crippen LogP contribution in [0.5, 0.6) is 0 Å². The van der Waals surface area contributed by atoms with Crippen LogP contribution in [-0.4, -0.2) is 33.0 Å². The molecule has 1 atom stereocenters. The zero-order chi connectivity index (χ0) is 18.5. The molecule has 0 spiro atoms. The number of hydrogen-bond acceptors (Lipinski definition) is 2. The third-order valence-electron chi connectivity index (χ3n) is 5.23. The predicted molar refractivity (Wildman–Crippen MR) is 101 cm³/mol. The van der Waals surface area contributed by atoms with E-state index < -0.39 is 0 Å². The van der Waals surface area contributed by atoms with Crippen molar-refractivity contribution in [1.82, 2.24) is 20.1 Å². The number of aryl methyl sites for hydroxylation is 5. The highest BCUT2D eigenvalue weighted by Gasteiger charge is 2.26. The van der Waals surface area contributed by atoms with Crippen LogP contribution >= 0.6 is 0 Å². The highest BCUT2D eigenvalue weighted by molar-refractivity contribution is 6.01. The van der Waals surface area contributed by atoms with E-state index in [1.54, 1.807) is 4.90 Å². The Labute approximate surface area is 148 Å². The van der Waals surface area contributed by atoms with E-state index in [1.807, 2.05) is 34.7 Å². The molecular formula is C20H26N4O. The maximum Gasteiger partial charge on any atom is 0.270 e. The lowest BCUT2D eigenvalue weighted by Crippen LogP contribution is -2.31. The van der Waals surface area contributed by atoms with Gasteiger partial charge in [0.1, 0.15) is 5.69 Å². The molecule has 0 aliphatic heterocycles. The van der Waals surface area contributed by atoms with Gasteiger partial charge in [-0.15, -0.1) is 0 Å². The maximum atomic E-state index is 13.2. The first-order chi connectivity index (χ1) is 11.7. The Hall–Kier alpha value is -2.56. The molecule has 132 valence electrons. The van der Waals surface area contributed by atoms with E-state index in [0.717, 1.165) is 39.0 Å². The number of hydrogen-bond donors (Lipinski definition) is 2. The van der Waals surface area contributed by atoms with Gasteiger partial charge in [-0.2, -0.15) is 5.10 Å². The number of amides is 1. The van der Waals surface area contributed by atoms with E-state index in [2.05, 4.69) is 41.2 Å². The van der Waals surface area contributed by atoms with Crippen LogP contribution in [0.1, 0.15) is 57.1 Å². The van der Waals surface area contributed by atoms with E-state index in [1.165, 1.54) is 5.56 Å². The average Bonchev–Trinajstić information content (AvgIpc) is 3.06. The Balaban J connectivity index is 2.02. The lowest BCUT2D eigenvalue weighted by molar-refractivity contribution is 0.0736. The number of aromatic nitrogens is 3. The van der Waals surface area contributed by atoms with Crippen molar-refractivity contribution in [3.05, 3.63) is 51.5 Å². The summed E-state index contributed by atoms with van der Waals surface area (Å²) in [5, 5.41) is 8.38. The minimum atomic E-state index is -0.0557. The molecule has 0 aliphatic carbocycles. The number of benzene rings is 1. The molecule has 1 aromatic carbocycles. The molecule has 2 aromatic heterocycles. The number of nitrogens with zero attached hydrogens (tertiary/aromatic N) is 2. The Bertz CT molecular complexity index is 944. The van der Waals surface area contributed by atoms with Crippen LogP contribution in [0.3, 0.4) is 0 Å². The number of carbonyl (C=O) groups is 1. The fourth-order valence-corrected chi connectivity index (χ4v) is 3.72. The van der Waals surface area contributed by atoms with Crippen molar-refractivity contribution in [3.8, 4) is 0 Å². The van der Waals surface area contributed by atoms with Crippen LogP contribution in [0, 0.1) is 34.6 Å². The van der Waals surface area contributed by atoms with Gasteiger partial charge in [0, 0.05) is 29.2 Å². The molecule has 0 bridgehead atoms. The number of rotatable bonds is 3. The minimum Gasteiger partial charge on any atom is -0.350 e. The SMILES string of the molecule is Cc1cc(C)c2[nH]c(C(=O)N(C)C(C)c3c(C)n[nH]c3C)c(C)c2c1. The molecule has 3 rings (SSSR count). The van der Waals surface area contributed by atoms with Gasteiger partial charge in [0.05, 0.1) is 11.7 Å². The second-order valence-corrected chi connectivity index (χ2v) is 7.07. The average molecular weight is 338 g/mol. The highest BCUT2D eigenvalue weighted by Crippen LogP contribution is 2.29. The van der Waals surface area contributed by atoms with Gasteiger partial charge >= 0.3 is 0 Å². The molecule has 2 heterocycles. The summed E-state index contributed by atoms with van der Waals surface area (Å²) < 4.78 is 0. The number of nitrogens with one attached hydrogen (secondary N) is 2. The number of aromatic amines is 2. The number of H-pyrrole nitrogens is 2. The third-order valence-corrected chi connectivity index (χ3v) is 5.23. The fraction of sp³-hybridized carbons (Fsp3) is 0.400. The molecular weight excluding hydrogens is 312 g/mol. The summed E-state index contributed by atoms with van der Waals surface area (Å²) in [6.07, 6.45) is 0. The zero-order valence-electron chi connectivity index (χ0n) is 16.0. The summed E-state index contributed by atoms with van der Waals surface area (Å²) in [5.74, 6) is -0.00162. The van der Waals surface area contributed by atoms with Crippen LogP contribution in [-0.2, 0) is 0 Å². The quantitative estimate of drug-likeness (QED) is 0.749. The molecule has 0 saturated heterocycles. The molecule has 25 heavy (non-hydrogen) atoms. The molecule has 0 saturated carbocycles. The van der Waals surface area contributed by atoms with Crippen molar-refractivity contribution in [1.29, 1.82) is 0 Å². The van der Waals surface area contributed by atoms with Crippen molar-refractivity contribution >= 4 is 16.8 Å². The molecule has 0 aliphatic rings. The largest absolute Gasteiger partial charge is 0.350 e. The first kappa shape index (κ1) is 17.3. The van der Waals surface area contributed by atoms with E-state index >= 15 is 0 Å². The van der Waals surface area contributed by atoms with Crippen LogP contribution in [0.4, 0.5) is 0 Å². The lowest BCUT2D eigenvalue weighted by atomic mass is 10.0. The highest BCUT2D eigenvalue weighted by atomic mass is 16.2. The normalized spacial score (nSPS) is 12.6. The van der Waals surface area contributed by atoms with Gasteiger partial charge in [0.25, 0.3) is 5.91 Å². The van der Waals surface area contributed by atoms with Crippen LogP contribution in [0.25, 0.3) is 10.9 Å². The summed E-state index contributed by atoms with van der Waals surface area (Å²) in [6.45, 7) is 12.2. The summed E-state index contributed by atoms with van der Waals surface area (Å²) in [4.78, 5) is 18.3. The second-order valence-electron chi connectivity index (χ2n) is 7.07. The molecule has 3 aromatic rings.